The van der Waals surface area contributed by atoms with Crippen molar-refractivity contribution >= 4 is 27.6 Å². The minimum atomic E-state index is -0.437. The summed E-state index contributed by atoms with van der Waals surface area (Å²) >= 11 is 3.40. The summed E-state index contributed by atoms with van der Waals surface area (Å²) in [5.74, 6) is 0.252. The fourth-order valence-corrected chi connectivity index (χ4v) is 2.75. The summed E-state index contributed by atoms with van der Waals surface area (Å²) in [5.41, 5.74) is 1.23. The van der Waals surface area contributed by atoms with Crippen LogP contribution in [0.25, 0.3) is 0 Å². The first-order chi connectivity index (χ1) is 8.81. The van der Waals surface area contributed by atoms with Crippen LogP contribution in [-0.2, 0) is 4.79 Å². The lowest BCUT2D eigenvalue weighted by Gasteiger charge is -2.37. The summed E-state index contributed by atoms with van der Waals surface area (Å²) in [6.07, 6.45) is 0.450. The Bertz CT molecular complexity index is 537. The van der Waals surface area contributed by atoms with Crippen LogP contribution in [0.4, 0.5) is 0 Å². The standard InChI is InChI=1S/C15H18BrNO2/c1-10-4-5-11(16)8-12(10)14(19)17-7-6-13(18)15(2,3)9-17/h4-5,8H,6-7,9H2,1-3H3. The molecule has 19 heavy (non-hydrogen) atoms. The summed E-state index contributed by atoms with van der Waals surface area (Å²) in [6.45, 7) is 6.76. The molecule has 1 aromatic rings. The molecule has 1 aromatic carbocycles. The van der Waals surface area contributed by atoms with Gasteiger partial charge in [0.05, 0.1) is 0 Å². The maximum Gasteiger partial charge on any atom is 0.254 e. The van der Waals surface area contributed by atoms with Crippen molar-refractivity contribution in [2.24, 2.45) is 5.41 Å². The highest BCUT2D eigenvalue weighted by atomic mass is 79.9. The predicted octanol–water partition coefficient (Wildman–Crippen LogP) is 3.20. The van der Waals surface area contributed by atoms with Gasteiger partial charge in [0.25, 0.3) is 5.91 Å². The maximum atomic E-state index is 12.6. The molecule has 1 aliphatic rings. The van der Waals surface area contributed by atoms with Crippen LogP contribution in [0.3, 0.4) is 0 Å². The number of piperidine rings is 1. The van der Waals surface area contributed by atoms with Crippen molar-refractivity contribution in [3.63, 3.8) is 0 Å². The number of amides is 1. The van der Waals surface area contributed by atoms with Gasteiger partial charge in [-0.2, -0.15) is 0 Å². The first kappa shape index (κ1) is 14.3. The van der Waals surface area contributed by atoms with Crippen molar-refractivity contribution < 1.29 is 9.59 Å². The number of ketones is 1. The van der Waals surface area contributed by atoms with Crippen molar-refractivity contribution in [2.75, 3.05) is 13.1 Å². The van der Waals surface area contributed by atoms with E-state index in [1.165, 1.54) is 0 Å². The molecule has 1 saturated heterocycles. The number of carbonyl (C=O) groups excluding carboxylic acids is 2. The topological polar surface area (TPSA) is 37.4 Å². The second-order valence-electron chi connectivity index (χ2n) is 5.74. The van der Waals surface area contributed by atoms with E-state index in [0.717, 1.165) is 10.0 Å². The number of likely N-dealkylation sites (tertiary alicyclic amines) is 1. The van der Waals surface area contributed by atoms with E-state index in [9.17, 15) is 9.59 Å². The van der Waals surface area contributed by atoms with Gasteiger partial charge in [-0.25, -0.2) is 0 Å². The number of hydrogen-bond acceptors (Lipinski definition) is 2. The largest absolute Gasteiger partial charge is 0.337 e. The quantitative estimate of drug-likeness (QED) is 0.795. The van der Waals surface area contributed by atoms with Crippen LogP contribution in [-0.4, -0.2) is 29.7 Å². The summed E-state index contributed by atoms with van der Waals surface area (Å²) in [6, 6.07) is 5.70. The van der Waals surface area contributed by atoms with E-state index in [-0.39, 0.29) is 11.7 Å². The Balaban J connectivity index is 2.25. The van der Waals surface area contributed by atoms with E-state index < -0.39 is 5.41 Å². The molecule has 1 fully saturated rings. The van der Waals surface area contributed by atoms with E-state index in [0.29, 0.717) is 25.1 Å². The van der Waals surface area contributed by atoms with Gasteiger partial charge < -0.3 is 4.90 Å². The zero-order valence-corrected chi connectivity index (χ0v) is 13.1. The molecule has 4 heteroatoms. The average molecular weight is 324 g/mol. The molecule has 0 atom stereocenters. The van der Waals surface area contributed by atoms with E-state index in [4.69, 9.17) is 0 Å². The second kappa shape index (κ2) is 5.08. The molecule has 0 saturated carbocycles. The van der Waals surface area contributed by atoms with Gasteiger partial charge in [0.2, 0.25) is 0 Å². The lowest BCUT2D eigenvalue weighted by molar-refractivity contribution is -0.130. The summed E-state index contributed by atoms with van der Waals surface area (Å²) < 4.78 is 0.897. The van der Waals surface area contributed by atoms with E-state index >= 15 is 0 Å². The van der Waals surface area contributed by atoms with E-state index in [2.05, 4.69) is 15.9 Å². The third kappa shape index (κ3) is 2.89. The number of Topliss-reactive ketones (excluding diaryl/α,β-unsaturated/α-hetero) is 1. The number of carbonyl (C=O) groups is 2. The Morgan fingerprint density at radius 3 is 2.68 bits per heavy atom. The van der Waals surface area contributed by atoms with Gasteiger partial charge in [-0.05, 0) is 24.6 Å². The SMILES string of the molecule is Cc1ccc(Br)cc1C(=O)N1CCC(=O)C(C)(C)C1. The van der Waals surface area contributed by atoms with Crippen LogP contribution in [0.2, 0.25) is 0 Å². The zero-order valence-electron chi connectivity index (χ0n) is 11.5. The first-order valence-electron chi connectivity index (χ1n) is 6.40. The molecule has 1 amide bonds. The van der Waals surface area contributed by atoms with Crippen LogP contribution >= 0.6 is 15.9 Å². The minimum absolute atomic E-state index is 0.0133. The maximum absolute atomic E-state index is 12.6. The fraction of sp³-hybridized carbons (Fsp3) is 0.467. The van der Waals surface area contributed by atoms with Crippen LogP contribution in [0.5, 0.6) is 0 Å². The van der Waals surface area contributed by atoms with Crippen molar-refractivity contribution in [1.29, 1.82) is 0 Å². The smallest absolute Gasteiger partial charge is 0.254 e. The molecule has 0 unspecified atom stereocenters. The molecular formula is C15H18BrNO2. The fourth-order valence-electron chi connectivity index (χ4n) is 2.39. The first-order valence-corrected chi connectivity index (χ1v) is 7.19. The van der Waals surface area contributed by atoms with Gasteiger partial charge in [-0.15, -0.1) is 0 Å². The van der Waals surface area contributed by atoms with E-state index in [1.807, 2.05) is 39.0 Å². The highest BCUT2D eigenvalue weighted by Crippen LogP contribution is 2.27. The Hall–Kier alpha value is -1.16. The molecule has 0 spiro atoms. The summed E-state index contributed by atoms with van der Waals surface area (Å²) in [4.78, 5) is 26.1. The Kier molecular flexibility index (Phi) is 3.81. The highest BCUT2D eigenvalue weighted by Gasteiger charge is 2.36. The Labute approximate surface area is 122 Å². The van der Waals surface area contributed by atoms with Crippen molar-refractivity contribution in [3.8, 4) is 0 Å². The van der Waals surface area contributed by atoms with Crippen LogP contribution in [0.1, 0.15) is 36.2 Å². The minimum Gasteiger partial charge on any atom is -0.337 e. The van der Waals surface area contributed by atoms with E-state index in [1.54, 1.807) is 4.90 Å². The lowest BCUT2D eigenvalue weighted by Crippen LogP contribution is -2.48. The number of halogens is 1. The van der Waals surface area contributed by atoms with Gasteiger partial charge >= 0.3 is 0 Å². The van der Waals surface area contributed by atoms with Gasteiger partial charge in [0.1, 0.15) is 5.78 Å². The van der Waals surface area contributed by atoms with Gasteiger partial charge in [0, 0.05) is 35.0 Å². The highest BCUT2D eigenvalue weighted by molar-refractivity contribution is 9.10. The lowest BCUT2D eigenvalue weighted by atomic mass is 9.82. The number of aryl methyl sites for hydroxylation is 1. The molecule has 102 valence electrons. The van der Waals surface area contributed by atoms with Crippen LogP contribution in [0, 0.1) is 12.3 Å². The third-order valence-corrected chi connectivity index (χ3v) is 4.16. The molecule has 1 aliphatic heterocycles. The monoisotopic (exact) mass is 323 g/mol. The summed E-state index contributed by atoms with van der Waals surface area (Å²) in [5, 5.41) is 0. The summed E-state index contributed by atoms with van der Waals surface area (Å²) in [7, 11) is 0. The number of hydrogen-bond donors (Lipinski definition) is 0. The van der Waals surface area contributed by atoms with Crippen molar-refractivity contribution in [1.82, 2.24) is 4.90 Å². The Morgan fingerprint density at radius 2 is 2.05 bits per heavy atom. The molecular weight excluding hydrogens is 306 g/mol. The second-order valence-corrected chi connectivity index (χ2v) is 6.66. The van der Waals surface area contributed by atoms with Crippen LogP contribution in [0.15, 0.2) is 22.7 Å². The molecule has 1 heterocycles. The normalized spacial score (nSPS) is 18.5. The van der Waals surface area contributed by atoms with Gasteiger partial charge in [-0.1, -0.05) is 35.8 Å². The molecule has 0 aliphatic carbocycles. The molecule has 2 rings (SSSR count). The Morgan fingerprint density at radius 1 is 1.37 bits per heavy atom. The van der Waals surface area contributed by atoms with Gasteiger partial charge in [0.15, 0.2) is 0 Å². The van der Waals surface area contributed by atoms with Gasteiger partial charge in [-0.3, -0.25) is 9.59 Å². The zero-order chi connectivity index (χ0) is 14.2. The predicted molar refractivity (Wildman–Crippen MR) is 78.2 cm³/mol. The third-order valence-electron chi connectivity index (χ3n) is 3.67. The molecule has 0 radical (unpaired) electrons. The molecule has 0 bridgehead atoms. The average Bonchev–Trinajstić information content (AvgIpc) is 2.35. The van der Waals surface area contributed by atoms with Crippen molar-refractivity contribution in [2.45, 2.75) is 27.2 Å². The van der Waals surface area contributed by atoms with Crippen LogP contribution < -0.4 is 0 Å². The molecule has 0 N–H and O–H groups in total. The number of rotatable bonds is 1. The van der Waals surface area contributed by atoms with Crippen molar-refractivity contribution in [3.05, 3.63) is 33.8 Å². The number of nitrogens with zero attached hydrogens (tertiary/aromatic N) is 1. The molecule has 0 aromatic heterocycles. The number of benzene rings is 1. The molecule has 3 nitrogen and oxygen atoms in total.